The second-order valence-electron chi connectivity index (χ2n) is 11.9. The monoisotopic (exact) mass is 602 g/mol. The molecule has 0 aliphatic rings. The lowest BCUT2D eigenvalue weighted by molar-refractivity contribution is 0.467. The van der Waals surface area contributed by atoms with E-state index in [4.69, 9.17) is 4.98 Å². The highest BCUT2D eigenvalue weighted by molar-refractivity contribution is 5.80. The largest absolute Gasteiger partial charge is 0.333 e. The van der Waals surface area contributed by atoms with Crippen LogP contribution in [0.4, 0.5) is 0 Å². The molecular formula is C35H38N8O2. The van der Waals surface area contributed by atoms with Gasteiger partial charge in [-0.25, -0.2) is 9.78 Å². The van der Waals surface area contributed by atoms with Gasteiger partial charge < -0.3 is 4.57 Å². The molecule has 0 aliphatic carbocycles. The van der Waals surface area contributed by atoms with Crippen LogP contribution in [0.25, 0.3) is 33.7 Å². The minimum Gasteiger partial charge on any atom is -0.318 e. The zero-order valence-electron chi connectivity index (χ0n) is 26.1. The molecule has 10 heteroatoms. The van der Waals surface area contributed by atoms with E-state index >= 15 is 0 Å². The van der Waals surface area contributed by atoms with Crippen LogP contribution in [-0.2, 0) is 19.5 Å². The molecule has 3 aromatic carbocycles. The Kier molecular flexibility index (Phi) is 8.55. The first-order valence-electron chi connectivity index (χ1n) is 15.6. The first-order chi connectivity index (χ1) is 21.9. The lowest BCUT2D eigenvalue weighted by Gasteiger charge is -2.19. The Bertz CT molecular complexity index is 2020. The highest BCUT2D eigenvalue weighted by atomic mass is 16.2. The number of nitrogens with one attached hydrogen (secondary N) is 1. The second-order valence-corrected chi connectivity index (χ2v) is 11.9. The molecule has 0 saturated heterocycles. The normalized spacial score (nSPS) is 12.3. The smallest absolute Gasteiger partial charge is 0.318 e. The summed E-state index contributed by atoms with van der Waals surface area (Å²) < 4.78 is 5.13. The Balaban J connectivity index is 1.48. The summed E-state index contributed by atoms with van der Waals surface area (Å²) in [6.07, 6.45) is 2.62. The summed E-state index contributed by atoms with van der Waals surface area (Å²) in [6.45, 7) is 8.96. The number of rotatable bonds is 11. The van der Waals surface area contributed by atoms with Crippen molar-refractivity contribution in [2.75, 3.05) is 0 Å². The van der Waals surface area contributed by atoms with E-state index in [1.165, 1.54) is 4.57 Å². The first-order valence-corrected chi connectivity index (χ1v) is 15.6. The van der Waals surface area contributed by atoms with Crippen molar-refractivity contribution in [1.82, 2.24) is 39.3 Å². The summed E-state index contributed by atoms with van der Waals surface area (Å²) in [5.41, 5.74) is 5.21. The summed E-state index contributed by atoms with van der Waals surface area (Å²) in [4.78, 5) is 33.2. The van der Waals surface area contributed by atoms with E-state index in [1.807, 2.05) is 79.9 Å². The van der Waals surface area contributed by atoms with Crippen molar-refractivity contribution >= 4 is 11.2 Å². The predicted molar refractivity (Wildman–Crippen MR) is 176 cm³/mol. The fraction of sp³-hybridized carbons (Fsp3) is 0.314. The van der Waals surface area contributed by atoms with E-state index in [1.54, 1.807) is 4.57 Å². The van der Waals surface area contributed by atoms with Crippen molar-refractivity contribution in [3.63, 3.8) is 0 Å². The van der Waals surface area contributed by atoms with Gasteiger partial charge in [0.15, 0.2) is 11.2 Å². The van der Waals surface area contributed by atoms with Gasteiger partial charge in [-0.3, -0.25) is 13.9 Å². The van der Waals surface area contributed by atoms with Gasteiger partial charge in [0.1, 0.15) is 5.82 Å². The topological polar surface area (TPSA) is 116 Å². The first kappa shape index (κ1) is 29.9. The average molecular weight is 603 g/mol. The van der Waals surface area contributed by atoms with E-state index < -0.39 is 0 Å². The molecule has 3 aromatic heterocycles. The Morgan fingerprint density at radius 1 is 0.844 bits per heavy atom. The molecule has 230 valence electrons. The summed E-state index contributed by atoms with van der Waals surface area (Å²) >= 11 is 0. The standard InChI is InChI=1S/C35H38N8O2/c1-5-6-16-30-36-33-31(34(44)42(21-23(2)3)35(45)43(33)24(4)26-12-8-7-9-13-26)41(30)22-25-17-19-27(20-18-25)28-14-10-11-15-29(28)32-37-39-40-38-32/h7-15,17-20,23-24H,5-6,16,21-22H2,1-4H3,(H,37,38,39,40). The maximum absolute atomic E-state index is 14.2. The minimum atomic E-state index is -0.325. The number of fused-ring (bicyclic) bond motifs is 1. The quantitative estimate of drug-likeness (QED) is 0.199. The van der Waals surface area contributed by atoms with Gasteiger partial charge in [-0.05, 0) is 46.7 Å². The van der Waals surface area contributed by atoms with Gasteiger partial charge in [-0.15, -0.1) is 10.2 Å². The van der Waals surface area contributed by atoms with Crippen molar-refractivity contribution in [1.29, 1.82) is 0 Å². The number of hydrogen-bond acceptors (Lipinski definition) is 6. The van der Waals surface area contributed by atoms with Crippen LogP contribution in [0, 0.1) is 5.92 Å². The van der Waals surface area contributed by atoms with Crippen molar-refractivity contribution in [3.8, 4) is 22.5 Å². The summed E-state index contributed by atoms with van der Waals surface area (Å²) in [5.74, 6) is 1.46. The van der Waals surface area contributed by atoms with Crippen molar-refractivity contribution in [2.45, 2.75) is 66.1 Å². The molecule has 45 heavy (non-hydrogen) atoms. The second kappa shape index (κ2) is 12.9. The van der Waals surface area contributed by atoms with Crippen molar-refractivity contribution < 1.29 is 0 Å². The molecule has 6 rings (SSSR count). The highest BCUT2D eigenvalue weighted by Gasteiger charge is 2.25. The van der Waals surface area contributed by atoms with Gasteiger partial charge in [0.05, 0.1) is 6.04 Å². The number of imidazole rings is 1. The molecule has 10 nitrogen and oxygen atoms in total. The van der Waals surface area contributed by atoms with E-state index in [0.29, 0.717) is 36.5 Å². The lowest BCUT2D eigenvalue weighted by atomic mass is 9.98. The van der Waals surface area contributed by atoms with E-state index in [-0.39, 0.29) is 23.2 Å². The highest BCUT2D eigenvalue weighted by Crippen LogP contribution is 2.30. The molecule has 3 heterocycles. The fourth-order valence-corrected chi connectivity index (χ4v) is 5.93. The Morgan fingerprint density at radius 2 is 1.56 bits per heavy atom. The van der Waals surface area contributed by atoms with Crippen LogP contribution in [0.3, 0.4) is 0 Å². The van der Waals surface area contributed by atoms with Gasteiger partial charge in [0, 0.05) is 25.1 Å². The van der Waals surface area contributed by atoms with Gasteiger partial charge >= 0.3 is 5.69 Å². The van der Waals surface area contributed by atoms with Gasteiger partial charge in [0.25, 0.3) is 5.56 Å². The lowest BCUT2D eigenvalue weighted by Crippen LogP contribution is -2.42. The number of nitrogens with zero attached hydrogens (tertiary/aromatic N) is 7. The van der Waals surface area contributed by atoms with Crippen LogP contribution in [0.5, 0.6) is 0 Å². The van der Waals surface area contributed by atoms with Gasteiger partial charge in [-0.1, -0.05) is 106 Å². The average Bonchev–Trinajstić information content (AvgIpc) is 3.72. The maximum Gasteiger partial charge on any atom is 0.333 e. The molecule has 6 aromatic rings. The molecule has 0 radical (unpaired) electrons. The van der Waals surface area contributed by atoms with Crippen LogP contribution >= 0.6 is 0 Å². The van der Waals surface area contributed by atoms with Crippen LogP contribution in [0.2, 0.25) is 0 Å². The zero-order valence-corrected chi connectivity index (χ0v) is 26.1. The Morgan fingerprint density at radius 3 is 2.22 bits per heavy atom. The number of H-pyrrole nitrogens is 1. The number of tetrazole rings is 1. The zero-order chi connectivity index (χ0) is 31.5. The van der Waals surface area contributed by atoms with Crippen molar-refractivity contribution in [2.24, 2.45) is 5.92 Å². The SMILES string of the molecule is CCCCc1nc2c(c(=O)n(CC(C)C)c(=O)n2C(C)c2ccccc2)n1Cc1ccc(-c2ccccc2-c2nn[nH]n2)cc1. The molecular weight excluding hydrogens is 564 g/mol. The number of hydrogen-bond donors (Lipinski definition) is 1. The minimum absolute atomic E-state index is 0.118. The Hall–Kier alpha value is -5.12. The van der Waals surface area contributed by atoms with E-state index in [2.05, 4.69) is 51.8 Å². The summed E-state index contributed by atoms with van der Waals surface area (Å²) in [5, 5.41) is 14.6. The number of aryl methyl sites for hydroxylation is 1. The summed E-state index contributed by atoms with van der Waals surface area (Å²) in [7, 11) is 0. The molecule has 0 aliphatic heterocycles. The summed E-state index contributed by atoms with van der Waals surface area (Å²) in [6, 6.07) is 25.9. The van der Waals surface area contributed by atoms with E-state index in [0.717, 1.165) is 46.5 Å². The third kappa shape index (κ3) is 5.87. The van der Waals surface area contributed by atoms with Crippen LogP contribution in [0.1, 0.15) is 63.5 Å². The van der Waals surface area contributed by atoms with Crippen molar-refractivity contribution in [3.05, 3.63) is 117 Å². The molecule has 0 amide bonds. The number of unbranched alkanes of at least 4 members (excludes halogenated alkanes) is 1. The fourth-order valence-electron chi connectivity index (χ4n) is 5.93. The predicted octanol–water partition coefficient (Wildman–Crippen LogP) is 5.86. The third-order valence-corrected chi connectivity index (χ3v) is 8.23. The van der Waals surface area contributed by atoms with Crippen LogP contribution < -0.4 is 11.2 Å². The number of aromatic nitrogens is 8. The molecule has 0 spiro atoms. The molecule has 1 atom stereocenters. The molecule has 0 bridgehead atoms. The van der Waals surface area contributed by atoms with Gasteiger partial charge in [-0.2, -0.15) is 5.21 Å². The van der Waals surface area contributed by atoms with Crippen LogP contribution in [-0.4, -0.2) is 39.3 Å². The number of benzene rings is 3. The van der Waals surface area contributed by atoms with Crippen LogP contribution in [0.15, 0.2) is 88.5 Å². The maximum atomic E-state index is 14.2. The van der Waals surface area contributed by atoms with Gasteiger partial charge in [0.2, 0.25) is 5.82 Å². The molecule has 0 saturated carbocycles. The molecule has 0 fully saturated rings. The van der Waals surface area contributed by atoms with E-state index in [9.17, 15) is 9.59 Å². The Labute approximate surface area is 261 Å². The molecule has 1 unspecified atom stereocenters. The number of aromatic amines is 1. The third-order valence-electron chi connectivity index (χ3n) is 8.23. The molecule has 1 N–H and O–H groups in total.